The quantitative estimate of drug-likeness (QED) is 0.354. The van der Waals surface area contributed by atoms with Crippen molar-refractivity contribution >= 4 is 38.1 Å². The highest BCUT2D eigenvalue weighted by Crippen LogP contribution is 2.35. The lowest BCUT2D eigenvalue weighted by molar-refractivity contribution is -0.117. The zero-order valence-corrected chi connectivity index (χ0v) is 20.9. The Labute approximate surface area is 204 Å². The smallest absolute Gasteiger partial charge is 0.262 e. The minimum absolute atomic E-state index is 0.0162. The summed E-state index contributed by atoms with van der Waals surface area (Å²) in [5.74, 6) is 0.487. The molecule has 1 amide bonds. The first-order valence-electron chi connectivity index (χ1n) is 11.4. The van der Waals surface area contributed by atoms with E-state index in [1.165, 1.54) is 54.9 Å². The first kappa shape index (κ1) is 24.2. The number of hydrogen-bond acceptors (Lipinski definition) is 6. The zero-order valence-electron chi connectivity index (χ0n) is 19.3. The van der Waals surface area contributed by atoms with E-state index >= 15 is 0 Å². The van der Waals surface area contributed by atoms with Gasteiger partial charge in [0.2, 0.25) is 5.91 Å². The van der Waals surface area contributed by atoms with Crippen LogP contribution >= 0.6 is 11.3 Å². The van der Waals surface area contributed by atoms with E-state index in [2.05, 4.69) is 15.0 Å². The van der Waals surface area contributed by atoms with E-state index in [4.69, 9.17) is 0 Å². The SMILES string of the molecule is Cc1ccc(-c2sc(NC(=O)CC3CCCCC3)nc2C)cc1S(=O)(=O)Nc1ccc(O)cc1. The van der Waals surface area contributed by atoms with Crippen molar-refractivity contribution in [2.45, 2.75) is 57.3 Å². The molecule has 1 aliphatic rings. The monoisotopic (exact) mass is 499 g/mol. The molecule has 3 aromatic rings. The summed E-state index contributed by atoms with van der Waals surface area (Å²) in [4.78, 5) is 18.0. The summed E-state index contributed by atoms with van der Waals surface area (Å²) in [5.41, 5.74) is 2.42. The summed E-state index contributed by atoms with van der Waals surface area (Å²) in [6, 6.07) is 11.1. The van der Waals surface area contributed by atoms with Gasteiger partial charge in [0.1, 0.15) is 5.75 Å². The molecule has 1 fully saturated rings. The van der Waals surface area contributed by atoms with Crippen LogP contribution in [-0.4, -0.2) is 24.4 Å². The molecule has 34 heavy (non-hydrogen) atoms. The van der Waals surface area contributed by atoms with Crippen molar-refractivity contribution < 1.29 is 18.3 Å². The van der Waals surface area contributed by atoms with Crippen molar-refractivity contribution in [1.82, 2.24) is 4.98 Å². The number of anilines is 2. The molecule has 1 saturated carbocycles. The second-order valence-electron chi connectivity index (χ2n) is 8.82. The molecule has 2 aromatic carbocycles. The molecule has 0 saturated heterocycles. The summed E-state index contributed by atoms with van der Waals surface area (Å²) in [7, 11) is -3.85. The summed E-state index contributed by atoms with van der Waals surface area (Å²) in [5, 5.41) is 12.9. The summed E-state index contributed by atoms with van der Waals surface area (Å²) in [6.45, 7) is 3.59. The maximum absolute atomic E-state index is 13.1. The van der Waals surface area contributed by atoms with Crippen LogP contribution in [0, 0.1) is 19.8 Å². The maximum atomic E-state index is 13.1. The second-order valence-corrected chi connectivity index (χ2v) is 11.5. The lowest BCUT2D eigenvalue weighted by Gasteiger charge is -2.20. The summed E-state index contributed by atoms with van der Waals surface area (Å²) < 4.78 is 28.7. The number of carbonyl (C=O) groups is 1. The molecule has 1 aliphatic carbocycles. The fourth-order valence-corrected chi connectivity index (χ4v) is 6.62. The van der Waals surface area contributed by atoms with Crippen LogP contribution in [-0.2, 0) is 14.8 Å². The van der Waals surface area contributed by atoms with Crippen molar-refractivity contribution in [2.75, 3.05) is 10.0 Å². The van der Waals surface area contributed by atoms with Gasteiger partial charge in [-0.15, -0.1) is 0 Å². The second kappa shape index (κ2) is 10.1. The Hall–Kier alpha value is -2.91. The summed E-state index contributed by atoms with van der Waals surface area (Å²) in [6.07, 6.45) is 6.37. The third-order valence-corrected chi connectivity index (χ3v) is 8.75. The number of phenolic OH excluding ortho intramolecular Hbond substituents is 1. The van der Waals surface area contributed by atoms with Gasteiger partial charge in [-0.25, -0.2) is 13.4 Å². The predicted molar refractivity (Wildman–Crippen MR) is 136 cm³/mol. The number of carbonyl (C=O) groups excluding carboxylic acids is 1. The molecule has 7 nitrogen and oxygen atoms in total. The number of aromatic hydroxyl groups is 1. The zero-order chi connectivity index (χ0) is 24.3. The molecule has 4 rings (SSSR count). The van der Waals surface area contributed by atoms with E-state index in [9.17, 15) is 18.3 Å². The Morgan fingerprint density at radius 2 is 1.79 bits per heavy atom. The molecule has 0 atom stereocenters. The number of nitrogens with one attached hydrogen (secondary N) is 2. The lowest BCUT2D eigenvalue weighted by atomic mass is 9.87. The molecule has 1 heterocycles. The van der Waals surface area contributed by atoms with Crippen molar-refractivity contribution in [3.8, 4) is 16.2 Å². The lowest BCUT2D eigenvalue weighted by Crippen LogP contribution is -2.18. The van der Waals surface area contributed by atoms with Gasteiger partial charge >= 0.3 is 0 Å². The van der Waals surface area contributed by atoms with Crippen LogP contribution in [0.15, 0.2) is 47.4 Å². The van der Waals surface area contributed by atoms with Crippen LogP contribution in [0.5, 0.6) is 5.75 Å². The molecule has 0 aliphatic heterocycles. The highest BCUT2D eigenvalue weighted by atomic mass is 32.2. The predicted octanol–water partition coefficient (Wildman–Crippen LogP) is 5.84. The van der Waals surface area contributed by atoms with Gasteiger partial charge in [-0.1, -0.05) is 42.7 Å². The van der Waals surface area contributed by atoms with E-state index in [1.54, 1.807) is 19.1 Å². The topological polar surface area (TPSA) is 108 Å². The Kier molecular flexibility index (Phi) is 7.23. The highest BCUT2D eigenvalue weighted by Gasteiger charge is 2.21. The molecule has 0 spiro atoms. The van der Waals surface area contributed by atoms with Crippen molar-refractivity contribution in [1.29, 1.82) is 0 Å². The fraction of sp³-hybridized carbons (Fsp3) is 0.360. The van der Waals surface area contributed by atoms with Crippen molar-refractivity contribution in [3.05, 3.63) is 53.7 Å². The number of amides is 1. The first-order valence-corrected chi connectivity index (χ1v) is 13.7. The van der Waals surface area contributed by atoms with E-state index in [-0.39, 0.29) is 16.6 Å². The average Bonchev–Trinajstić information content (AvgIpc) is 3.15. The van der Waals surface area contributed by atoms with E-state index < -0.39 is 10.0 Å². The number of aryl methyl sites for hydroxylation is 2. The number of hydrogen-bond donors (Lipinski definition) is 3. The molecule has 0 unspecified atom stereocenters. The van der Waals surface area contributed by atoms with Gasteiger partial charge in [0.25, 0.3) is 10.0 Å². The molecule has 180 valence electrons. The third kappa shape index (κ3) is 5.77. The Morgan fingerprint density at radius 3 is 2.50 bits per heavy atom. The normalized spacial score (nSPS) is 14.6. The van der Waals surface area contributed by atoms with Gasteiger partial charge < -0.3 is 10.4 Å². The summed E-state index contributed by atoms with van der Waals surface area (Å²) >= 11 is 1.35. The van der Waals surface area contributed by atoms with Crippen LogP contribution in [0.1, 0.15) is 49.8 Å². The van der Waals surface area contributed by atoms with Gasteiger partial charge in [-0.2, -0.15) is 0 Å². The van der Waals surface area contributed by atoms with Crippen molar-refractivity contribution in [2.24, 2.45) is 5.92 Å². The third-order valence-electron chi connectivity index (χ3n) is 6.10. The number of sulfonamides is 1. The fourth-order valence-electron chi connectivity index (χ4n) is 4.31. The standard InChI is InChI=1S/C25H29N3O4S2/c1-16-8-9-19(15-22(16)34(31,32)28-20-10-12-21(29)13-11-20)24-17(2)26-25(33-24)27-23(30)14-18-6-4-3-5-7-18/h8-13,15,18,28-29H,3-7,14H2,1-2H3,(H,26,27,30). The van der Waals surface area contributed by atoms with Crippen LogP contribution in [0.4, 0.5) is 10.8 Å². The van der Waals surface area contributed by atoms with Gasteiger partial charge in [-0.3, -0.25) is 9.52 Å². The van der Waals surface area contributed by atoms with E-state index in [1.807, 2.05) is 13.0 Å². The molecule has 0 bridgehead atoms. The average molecular weight is 500 g/mol. The van der Waals surface area contributed by atoms with Crippen molar-refractivity contribution in [3.63, 3.8) is 0 Å². The van der Waals surface area contributed by atoms with Crippen LogP contribution < -0.4 is 10.0 Å². The molecule has 0 radical (unpaired) electrons. The van der Waals surface area contributed by atoms with Crippen LogP contribution in [0.25, 0.3) is 10.4 Å². The Bertz CT molecular complexity index is 1280. The number of nitrogens with zero attached hydrogens (tertiary/aromatic N) is 1. The molecule has 1 aromatic heterocycles. The largest absolute Gasteiger partial charge is 0.508 e. The maximum Gasteiger partial charge on any atom is 0.262 e. The van der Waals surface area contributed by atoms with Gasteiger partial charge in [-0.05, 0) is 74.1 Å². The molecule has 9 heteroatoms. The van der Waals surface area contributed by atoms with Gasteiger partial charge in [0.05, 0.1) is 15.5 Å². The van der Waals surface area contributed by atoms with Gasteiger partial charge in [0, 0.05) is 12.1 Å². The van der Waals surface area contributed by atoms with E-state index in [0.717, 1.165) is 29.0 Å². The molecular weight excluding hydrogens is 470 g/mol. The first-order chi connectivity index (χ1) is 16.2. The minimum Gasteiger partial charge on any atom is -0.508 e. The number of rotatable bonds is 7. The van der Waals surface area contributed by atoms with Gasteiger partial charge in [0.15, 0.2) is 5.13 Å². The van der Waals surface area contributed by atoms with Crippen LogP contribution in [0.2, 0.25) is 0 Å². The van der Waals surface area contributed by atoms with E-state index in [0.29, 0.717) is 28.7 Å². The number of aromatic nitrogens is 1. The highest BCUT2D eigenvalue weighted by molar-refractivity contribution is 7.92. The minimum atomic E-state index is -3.85. The number of thiazole rings is 1. The van der Waals surface area contributed by atoms with Crippen LogP contribution in [0.3, 0.4) is 0 Å². The molecular formula is C25H29N3O4S2. The number of benzene rings is 2. The number of phenols is 1. The Balaban J connectivity index is 1.53. The molecule has 3 N–H and O–H groups in total. The Morgan fingerprint density at radius 1 is 1.09 bits per heavy atom.